The predicted octanol–water partition coefficient (Wildman–Crippen LogP) is -0.412. The number of carbonyl (C=O) groups is 2. The maximum Gasteiger partial charge on any atom is 0.282 e. The van der Waals surface area contributed by atoms with Crippen LogP contribution in [0.5, 0.6) is 0 Å². The second-order valence-electron chi connectivity index (χ2n) is 3.68. The van der Waals surface area contributed by atoms with Gasteiger partial charge < -0.3 is 16.0 Å². The molecule has 3 N–H and O–H groups in total. The zero-order valence-corrected chi connectivity index (χ0v) is 10.1. The van der Waals surface area contributed by atoms with Crippen LogP contribution in [0.2, 0.25) is 0 Å². The van der Waals surface area contributed by atoms with Crippen molar-refractivity contribution in [1.82, 2.24) is 20.8 Å². The molecular weight excluding hydrogens is 242 g/mol. The number of amides is 2. The molecule has 1 aliphatic heterocycles. The lowest BCUT2D eigenvalue weighted by molar-refractivity contribution is -0.119. The first kappa shape index (κ1) is 11.8. The van der Waals surface area contributed by atoms with Crippen molar-refractivity contribution in [3.05, 3.63) is 5.01 Å². The molecule has 7 nitrogen and oxygen atoms in total. The Balaban J connectivity index is 1.82. The molecular formula is C9H13N5O2S. The van der Waals surface area contributed by atoms with Gasteiger partial charge in [-0.2, -0.15) is 0 Å². The summed E-state index contributed by atoms with van der Waals surface area (Å²) < 4.78 is 0. The van der Waals surface area contributed by atoms with Crippen molar-refractivity contribution >= 4 is 28.3 Å². The Kier molecular flexibility index (Phi) is 3.52. The SMILES string of the molecule is CNc1nnc(C(=O)NCC2CCC(=O)N2)s1. The van der Waals surface area contributed by atoms with Gasteiger partial charge in [-0.25, -0.2) is 0 Å². The minimum absolute atomic E-state index is 0.0307. The molecule has 1 unspecified atom stereocenters. The van der Waals surface area contributed by atoms with Gasteiger partial charge in [0, 0.05) is 26.1 Å². The van der Waals surface area contributed by atoms with Gasteiger partial charge in [-0.1, -0.05) is 11.3 Å². The van der Waals surface area contributed by atoms with E-state index in [0.29, 0.717) is 23.1 Å². The number of hydrogen-bond donors (Lipinski definition) is 3. The van der Waals surface area contributed by atoms with Crippen LogP contribution in [0, 0.1) is 0 Å². The van der Waals surface area contributed by atoms with E-state index < -0.39 is 0 Å². The molecule has 0 aromatic carbocycles. The van der Waals surface area contributed by atoms with Gasteiger partial charge in [0.25, 0.3) is 5.91 Å². The monoisotopic (exact) mass is 255 g/mol. The Morgan fingerprint density at radius 2 is 2.41 bits per heavy atom. The van der Waals surface area contributed by atoms with E-state index in [1.807, 2.05) is 0 Å². The number of nitrogens with zero attached hydrogens (tertiary/aromatic N) is 2. The largest absolute Gasteiger partial charge is 0.363 e. The Morgan fingerprint density at radius 3 is 3.00 bits per heavy atom. The van der Waals surface area contributed by atoms with E-state index in [9.17, 15) is 9.59 Å². The molecule has 0 bridgehead atoms. The van der Waals surface area contributed by atoms with Crippen LogP contribution in [-0.2, 0) is 4.79 Å². The van der Waals surface area contributed by atoms with Gasteiger partial charge in [0.2, 0.25) is 16.0 Å². The topological polar surface area (TPSA) is 96.0 Å². The number of hydrogen-bond acceptors (Lipinski definition) is 6. The fourth-order valence-electron chi connectivity index (χ4n) is 1.54. The van der Waals surface area contributed by atoms with Gasteiger partial charge in [-0.05, 0) is 6.42 Å². The van der Waals surface area contributed by atoms with E-state index in [2.05, 4.69) is 26.1 Å². The average Bonchev–Trinajstić information content (AvgIpc) is 2.94. The molecule has 1 saturated heterocycles. The molecule has 92 valence electrons. The number of anilines is 1. The molecule has 1 atom stereocenters. The van der Waals surface area contributed by atoms with Crippen LogP contribution in [0.25, 0.3) is 0 Å². The van der Waals surface area contributed by atoms with E-state index in [-0.39, 0.29) is 17.9 Å². The second kappa shape index (κ2) is 5.09. The van der Waals surface area contributed by atoms with Crippen LogP contribution < -0.4 is 16.0 Å². The summed E-state index contributed by atoms with van der Waals surface area (Å²) in [4.78, 5) is 22.6. The Morgan fingerprint density at radius 1 is 1.59 bits per heavy atom. The Bertz CT molecular complexity index is 433. The fraction of sp³-hybridized carbons (Fsp3) is 0.556. The molecule has 2 rings (SSSR count). The molecule has 2 heterocycles. The number of aromatic nitrogens is 2. The summed E-state index contributed by atoms with van der Waals surface area (Å²) in [5.74, 6) is -0.220. The highest BCUT2D eigenvalue weighted by Crippen LogP contribution is 2.14. The van der Waals surface area contributed by atoms with Crippen molar-refractivity contribution in [3.8, 4) is 0 Å². The van der Waals surface area contributed by atoms with Gasteiger partial charge in [0.05, 0.1) is 0 Å². The quantitative estimate of drug-likeness (QED) is 0.679. The lowest BCUT2D eigenvalue weighted by Crippen LogP contribution is -2.38. The van der Waals surface area contributed by atoms with Crippen molar-refractivity contribution in [3.63, 3.8) is 0 Å². The van der Waals surface area contributed by atoms with Crippen LogP contribution in [0.15, 0.2) is 0 Å². The summed E-state index contributed by atoms with van der Waals surface area (Å²) in [7, 11) is 1.72. The summed E-state index contributed by atoms with van der Waals surface area (Å²) in [5.41, 5.74) is 0. The number of rotatable bonds is 4. The van der Waals surface area contributed by atoms with Crippen LogP contribution in [0.1, 0.15) is 22.6 Å². The average molecular weight is 255 g/mol. The van der Waals surface area contributed by atoms with E-state index in [0.717, 1.165) is 6.42 Å². The molecule has 0 aliphatic carbocycles. The highest BCUT2D eigenvalue weighted by atomic mass is 32.1. The third-order valence-corrected chi connectivity index (χ3v) is 3.37. The molecule has 0 radical (unpaired) electrons. The first-order chi connectivity index (χ1) is 8.19. The molecule has 17 heavy (non-hydrogen) atoms. The van der Waals surface area contributed by atoms with Crippen molar-refractivity contribution in [2.45, 2.75) is 18.9 Å². The molecule has 8 heteroatoms. The van der Waals surface area contributed by atoms with Crippen molar-refractivity contribution in [2.75, 3.05) is 18.9 Å². The third-order valence-electron chi connectivity index (χ3n) is 2.43. The van der Waals surface area contributed by atoms with Gasteiger partial charge in [0.1, 0.15) is 0 Å². The van der Waals surface area contributed by atoms with E-state index >= 15 is 0 Å². The smallest absolute Gasteiger partial charge is 0.282 e. The van der Waals surface area contributed by atoms with Crippen LogP contribution >= 0.6 is 11.3 Å². The Hall–Kier alpha value is -1.70. The van der Waals surface area contributed by atoms with Gasteiger partial charge >= 0.3 is 0 Å². The third kappa shape index (κ3) is 2.90. The Labute approximate surface area is 102 Å². The lowest BCUT2D eigenvalue weighted by atomic mass is 10.2. The van der Waals surface area contributed by atoms with Gasteiger partial charge in [-0.3, -0.25) is 9.59 Å². The fourth-order valence-corrected chi connectivity index (χ4v) is 2.15. The van der Waals surface area contributed by atoms with Gasteiger partial charge in [-0.15, -0.1) is 10.2 Å². The zero-order chi connectivity index (χ0) is 12.3. The molecule has 1 aromatic rings. The highest BCUT2D eigenvalue weighted by molar-refractivity contribution is 7.17. The van der Waals surface area contributed by atoms with E-state index in [1.54, 1.807) is 7.05 Å². The minimum atomic E-state index is -0.259. The molecule has 2 amide bonds. The normalized spacial score (nSPS) is 18.9. The van der Waals surface area contributed by atoms with Gasteiger partial charge in [0.15, 0.2) is 0 Å². The van der Waals surface area contributed by atoms with Crippen LogP contribution in [-0.4, -0.2) is 41.6 Å². The van der Waals surface area contributed by atoms with Crippen LogP contribution in [0.4, 0.5) is 5.13 Å². The molecule has 0 saturated carbocycles. The van der Waals surface area contributed by atoms with E-state index in [4.69, 9.17) is 0 Å². The summed E-state index contributed by atoms with van der Waals surface area (Å²) in [5, 5.41) is 16.8. The number of nitrogens with one attached hydrogen (secondary N) is 3. The summed E-state index contributed by atoms with van der Waals surface area (Å²) in [6.07, 6.45) is 1.29. The summed E-state index contributed by atoms with van der Waals surface area (Å²) >= 11 is 1.19. The molecule has 1 fully saturated rings. The molecule has 0 spiro atoms. The first-order valence-electron chi connectivity index (χ1n) is 5.28. The second-order valence-corrected chi connectivity index (χ2v) is 4.65. The minimum Gasteiger partial charge on any atom is -0.363 e. The van der Waals surface area contributed by atoms with E-state index in [1.165, 1.54) is 11.3 Å². The highest BCUT2D eigenvalue weighted by Gasteiger charge is 2.21. The van der Waals surface area contributed by atoms with Crippen molar-refractivity contribution in [2.24, 2.45) is 0 Å². The predicted molar refractivity (Wildman–Crippen MR) is 63.0 cm³/mol. The summed E-state index contributed by atoms with van der Waals surface area (Å²) in [6.45, 7) is 0.430. The van der Waals surface area contributed by atoms with Crippen molar-refractivity contribution in [1.29, 1.82) is 0 Å². The van der Waals surface area contributed by atoms with Crippen LogP contribution in [0.3, 0.4) is 0 Å². The summed E-state index contributed by atoms with van der Waals surface area (Å²) in [6, 6.07) is 0.0307. The maximum absolute atomic E-state index is 11.7. The number of carbonyl (C=O) groups excluding carboxylic acids is 2. The first-order valence-corrected chi connectivity index (χ1v) is 6.09. The lowest BCUT2D eigenvalue weighted by Gasteiger charge is -2.09. The van der Waals surface area contributed by atoms with Crippen molar-refractivity contribution < 1.29 is 9.59 Å². The standard InChI is InChI=1S/C9H13N5O2S/c1-10-9-14-13-8(17-9)7(16)11-4-5-2-3-6(15)12-5/h5H,2-4H2,1H3,(H,10,14)(H,11,16)(H,12,15). The molecule has 1 aromatic heterocycles. The molecule has 1 aliphatic rings. The maximum atomic E-state index is 11.7. The zero-order valence-electron chi connectivity index (χ0n) is 9.32.